The van der Waals surface area contributed by atoms with Crippen molar-refractivity contribution < 1.29 is 9.69 Å². The highest BCUT2D eigenvalue weighted by atomic mass is 35.5. The Hall–Kier alpha value is -1.92. The molecule has 3 rings (SSSR count). The molecule has 1 amide bonds. The number of fused-ring (bicyclic) bond motifs is 1. The van der Waals surface area contributed by atoms with E-state index in [2.05, 4.69) is 37.6 Å². The highest BCUT2D eigenvalue weighted by Gasteiger charge is 2.24. The molecule has 158 valence electrons. The van der Waals surface area contributed by atoms with Crippen molar-refractivity contribution in [1.29, 1.82) is 0 Å². The number of carbonyl (C=O) groups excluding carboxylic acids is 1. The molecule has 1 aromatic carbocycles. The van der Waals surface area contributed by atoms with Crippen LogP contribution in [0.25, 0.3) is 10.9 Å². The zero-order chi connectivity index (χ0) is 21.0. The van der Waals surface area contributed by atoms with Gasteiger partial charge in [-0.05, 0) is 39.0 Å². The lowest BCUT2D eigenvalue weighted by Gasteiger charge is -2.33. The van der Waals surface area contributed by atoms with Crippen LogP contribution in [0.5, 0.6) is 0 Å². The predicted molar refractivity (Wildman–Crippen MR) is 119 cm³/mol. The average molecular weight is 419 g/mol. The number of quaternary nitrogens is 1. The minimum absolute atomic E-state index is 0.225. The van der Waals surface area contributed by atoms with Gasteiger partial charge in [0, 0.05) is 35.8 Å². The van der Waals surface area contributed by atoms with Gasteiger partial charge in [-0.25, -0.2) is 9.97 Å². The Morgan fingerprint density at radius 3 is 2.59 bits per heavy atom. The number of rotatable bonds is 7. The molecule has 2 aromatic rings. The summed E-state index contributed by atoms with van der Waals surface area (Å²) in [4.78, 5) is 28.1. The first-order chi connectivity index (χ1) is 13.9. The third kappa shape index (κ3) is 5.17. The molecule has 1 saturated heterocycles. The van der Waals surface area contributed by atoms with Crippen molar-refractivity contribution in [3.05, 3.63) is 29.0 Å². The average Bonchev–Trinajstić information content (AvgIpc) is 2.72. The summed E-state index contributed by atoms with van der Waals surface area (Å²) >= 11 is 6.19. The van der Waals surface area contributed by atoms with Gasteiger partial charge in [-0.15, -0.1) is 0 Å². The Kier molecular flexibility index (Phi) is 7.30. The molecule has 1 aromatic heterocycles. The Bertz CT molecular complexity index is 848. The van der Waals surface area contributed by atoms with Crippen molar-refractivity contribution in [1.82, 2.24) is 14.9 Å². The number of carbonyl (C=O) groups is 1. The minimum Gasteiger partial charge on any atom is -0.353 e. The van der Waals surface area contributed by atoms with Gasteiger partial charge >= 0.3 is 0 Å². The smallest absolute Gasteiger partial charge is 0.224 e. The summed E-state index contributed by atoms with van der Waals surface area (Å²) in [5.41, 5.74) is 0.856. The lowest BCUT2D eigenvalue weighted by Crippen LogP contribution is -3.14. The van der Waals surface area contributed by atoms with Crippen LogP contribution in [0.3, 0.4) is 0 Å². The van der Waals surface area contributed by atoms with Gasteiger partial charge < -0.3 is 14.7 Å². The molecule has 0 unspecified atom stereocenters. The van der Waals surface area contributed by atoms with Gasteiger partial charge in [0.15, 0.2) is 0 Å². The number of amides is 1. The first-order valence-electron chi connectivity index (χ1n) is 10.8. The summed E-state index contributed by atoms with van der Waals surface area (Å²) < 4.78 is 0. The second-order valence-corrected chi connectivity index (χ2v) is 8.44. The van der Waals surface area contributed by atoms with Crippen molar-refractivity contribution in [2.24, 2.45) is 0 Å². The Morgan fingerprint density at radius 1 is 1.24 bits per heavy atom. The van der Waals surface area contributed by atoms with Gasteiger partial charge in [0.1, 0.15) is 11.6 Å². The highest BCUT2D eigenvalue weighted by molar-refractivity contribution is 6.31. The molecule has 1 fully saturated rings. The minimum atomic E-state index is 0.225. The molecule has 0 bridgehead atoms. The van der Waals surface area contributed by atoms with E-state index in [-0.39, 0.29) is 11.9 Å². The van der Waals surface area contributed by atoms with E-state index in [1.165, 1.54) is 0 Å². The topological polar surface area (TPSA) is 53.8 Å². The second kappa shape index (κ2) is 9.72. The Labute approximate surface area is 178 Å². The molecule has 2 heterocycles. The van der Waals surface area contributed by atoms with E-state index in [1.807, 2.05) is 23.1 Å². The van der Waals surface area contributed by atoms with Crippen LogP contribution in [0.2, 0.25) is 5.02 Å². The number of benzene rings is 1. The first kappa shape index (κ1) is 21.8. The van der Waals surface area contributed by atoms with E-state index in [1.54, 1.807) is 4.90 Å². The number of aryl methyl sites for hydroxylation is 1. The standard InChI is InChI=1S/C22H32ClN5O/c1-5-20-24-19-15-17(23)7-8-18(19)22(25-20)28(16(3)4)10-9-21(29)27-13-11-26(6-2)12-14-27/h7-8,15-16H,5-6,9-14H2,1-4H3/p+1. The summed E-state index contributed by atoms with van der Waals surface area (Å²) in [6.45, 7) is 14.1. The molecule has 0 saturated carbocycles. The molecular formula is C22H33ClN5O+. The van der Waals surface area contributed by atoms with Crippen molar-refractivity contribution in [3.63, 3.8) is 0 Å². The monoisotopic (exact) mass is 418 g/mol. The van der Waals surface area contributed by atoms with Gasteiger partial charge in [-0.2, -0.15) is 0 Å². The van der Waals surface area contributed by atoms with Crippen LogP contribution in [0.15, 0.2) is 18.2 Å². The fraction of sp³-hybridized carbons (Fsp3) is 0.591. The number of hydrogen-bond donors (Lipinski definition) is 1. The van der Waals surface area contributed by atoms with Crippen LogP contribution in [0, 0.1) is 0 Å². The van der Waals surface area contributed by atoms with Gasteiger partial charge in [0.2, 0.25) is 5.91 Å². The summed E-state index contributed by atoms with van der Waals surface area (Å²) in [5, 5.41) is 1.65. The van der Waals surface area contributed by atoms with Crippen molar-refractivity contribution in [3.8, 4) is 0 Å². The van der Waals surface area contributed by atoms with E-state index >= 15 is 0 Å². The van der Waals surface area contributed by atoms with E-state index < -0.39 is 0 Å². The molecule has 7 heteroatoms. The van der Waals surface area contributed by atoms with Crippen LogP contribution in [-0.4, -0.2) is 66.1 Å². The Balaban J connectivity index is 1.79. The predicted octanol–water partition coefficient (Wildman–Crippen LogP) is 2.20. The van der Waals surface area contributed by atoms with Crippen LogP contribution in [0.4, 0.5) is 5.82 Å². The number of hydrogen-bond acceptors (Lipinski definition) is 4. The number of piperazine rings is 1. The quantitative estimate of drug-likeness (QED) is 0.748. The molecular weight excluding hydrogens is 386 g/mol. The lowest BCUT2D eigenvalue weighted by molar-refractivity contribution is -0.902. The number of aromatic nitrogens is 2. The molecule has 0 atom stereocenters. The van der Waals surface area contributed by atoms with Crippen LogP contribution in [0.1, 0.15) is 39.9 Å². The molecule has 0 radical (unpaired) electrons. The lowest BCUT2D eigenvalue weighted by atomic mass is 10.1. The normalized spacial score (nSPS) is 15.3. The van der Waals surface area contributed by atoms with E-state index in [4.69, 9.17) is 16.6 Å². The molecule has 1 aliphatic rings. The summed E-state index contributed by atoms with van der Waals surface area (Å²) in [5.74, 6) is 1.93. The van der Waals surface area contributed by atoms with E-state index in [0.717, 1.165) is 61.7 Å². The Morgan fingerprint density at radius 2 is 1.97 bits per heavy atom. The SMILES string of the molecule is CCc1nc(N(CCC(=O)N2CC[NH+](CC)CC2)C(C)C)c2ccc(Cl)cc2n1. The molecule has 1 aliphatic heterocycles. The maximum atomic E-state index is 12.8. The maximum absolute atomic E-state index is 12.8. The molecule has 1 N–H and O–H groups in total. The van der Waals surface area contributed by atoms with Gasteiger partial charge in [-0.1, -0.05) is 18.5 Å². The molecule has 0 spiro atoms. The van der Waals surface area contributed by atoms with Crippen molar-refractivity contribution in [2.45, 2.75) is 46.6 Å². The van der Waals surface area contributed by atoms with Crippen LogP contribution < -0.4 is 9.80 Å². The first-order valence-corrected chi connectivity index (χ1v) is 11.1. The third-order valence-electron chi connectivity index (χ3n) is 5.79. The van der Waals surface area contributed by atoms with Crippen LogP contribution >= 0.6 is 11.6 Å². The van der Waals surface area contributed by atoms with Gasteiger partial charge in [0.25, 0.3) is 0 Å². The summed E-state index contributed by atoms with van der Waals surface area (Å²) in [6, 6.07) is 5.97. The van der Waals surface area contributed by atoms with E-state index in [9.17, 15) is 4.79 Å². The maximum Gasteiger partial charge on any atom is 0.224 e. The number of nitrogens with zero attached hydrogens (tertiary/aromatic N) is 4. The number of halogens is 1. The number of anilines is 1. The van der Waals surface area contributed by atoms with E-state index in [0.29, 0.717) is 18.0 Å². The summed E-state index contributed by atoms with van der Waals surface area (Å²) in [7, 11) is 0. The molecule has 0 aliphatic carbocycles. The molecule has 29 heavy (non-hydrogen) atoms. The summed E-state index contributed by atoms with van der Waals surface area (Å²) in [6.07, 6.45) is 1.25. The van der Waals surface area contributed by atoms with Gasteiger partial charge in [-0.3, -0.25) is 4.79 Å². The largest absolute Gasteiger partial charge is 0.353 e. The second-order valence-electron chi connectivity index (χ2n) is 8.00. The third-order valence-corrected chi connectivity index (χ3v) is 6.02. The number of nitrogens with one attached hydrogen (secondary N) is 1. The van der Waals surface area contributed by atoms with Crippen molar-refractivity contribution >= 4 is 34.2 Å². The van der Waals surface area contributed by atoms with Crippen molar-refractivity contribution in [2.75, 3.05) is 44.2 Å². The fourth-order valence-electron chi connectivity index (χ4n) is 3.92. The highest BCUT2D eigenvalue weighted by Crippen LogP contribution is 2.28. The fourth-order valence-corrected chi connectivity index (χ4v) is 4.09. The van der Waals surface area contributed by atoms with Crippen LogP contribution in [-0.2, 0) is 11.2 Å². The van der Waals surface area contributed by atoms with Gasteiger partial charge in [0.05, 0.1) is 38.2 Å². The zero-order valence-electron chi connectivity index (χ0n) is 18.0. The zero-order valence-corrected chi connectivity index (χ0v) is 18.8. The molecule has 6 nitrogen and oxygen atoms in total. The number of likely N-dealkylation sites (N-methyl/N-ethyl adjacent to an activating group) is 1.